The summed E-state index contributed by atoms with van der Waals surface area (Å²) in [7, 11) is 4.30. The van der Waals surface area contributed by atoms with Crippen LogP contribution in [0.3, 0.4) is 0 Å². The highest BCUT2D eigenvalue weighted by molar-refractivity contribution is 14.1. The fourth-order valence-corrected chi connectivity index (χ4v) is 3.46. The zero-order valence-electron chi connectivity index (χ0n) is 15.8. The molecule has 0 radical (unpaired) electrons. The zero-order valence-corrected chi connectivity index (χ0v) is 18.0. The number of aromatic nitrogens is 1. The van der Waals surface area contributed by atoms with Crippen LogP contribution in [0.4, 0.5) is 0 Å². The summed E-state index contributed by atoms with van der Waals surface area (Å²) in [6.07, 6.45) is 2.88. The van der Waals surface area contributed by atoms with E-state index in [0.717, 1.165) is 32.1 Å². The number of hydrogen-bond acceptors (Lipinski definition) is 4. The first-order valence-electron chi connectivity index (χ1n) is 9.14. The number of halogens is 1. The van der Waals surface area contributed by atoms with Gasteiger partial charge in [-0.1, -0.05) is 6.07 Å². The van der Waals surface area contributed by atoms with Crippen LogP contribution < -0.4 is 14.2 Å². The molecule has 0 bridgehead atoms. The van der Waals surface area contributed by atoms with Gasteiger partial charge in [-0.05, 0) is 35.9 Å². The Hall–Kier alpha value is -2.26. The first kappa shape index (κ1) is 19.1. The highest BCUT2D eigenvalue weighted by atomic mass is 127. The molecule has 0 fully saturated rings. The molecule has 6 nitrogen and oxygen atoms in total. The molecule has 1 aliphatic rings. The van der Waals surface area contributed by atoms with E-state index in [1.807, 2.05) is 24.4 Å². The number of nitrogens with zero attached hydrogens (tertiary/aromatic N) is 1. The lowest BCUT2D eigenvalue weighted by atomic mass is 10.1. The van der Waals surface area contributed by atoms with Crippen molar-refractivity contribution in [2.75, 3.05) is 33.9 Å². The summed E-state index contributed by atoms with van der Waals surface area (Å²) in [6.45, 7) is 1.96. The number of esters is 1. The molecule has 1 aliphatic heterocycles. The van der Waals surface area contributed by atoms with Crippen LogP contribution in [-0.2, 0) is 6.42 Å². The van der Waals surface area contributed by atoms with Gasteiger partial charge >= 0.3 is 5.97 Å². The molecule has 4 rings (SSSR count). The third kappa shape index (κ3) is 4.10. The van der Waals surface area contributed by atoms with Crippen LogP contribution in [0.5, 0.6) is 17.2 Å². The van der Waals surface area contributed by atoms with Crippen LogP contribution in [0.2, 0.25) is 0 Å². The molecule has 0 atom stereocenters. The van der Waals surface area contributed by atoms with E-state index < -0.39 is 5.97 Å². The van der Waals surface area contributed by atoms with E-state index in [1.54, 1.807) is 18.2 Å². The van der Waals surface area contributed by atoms with E-state index in [2.05, 4.69) is 41.9 Å². The minimum absolute atomic E-state index is 0.415. The smallest absolute Gasteiger partial charge is 0.343 e. The summed E-state index contributed by atoms with van der Waals surface area (Å²) < 4.78 is 17.7. The molecule has 0 amide bonds. The second-order valence-corrected chi connectivity index (χ2v) is 9.86. The van der Waals surface area contributed by atoms with Gasteiger partial charge in [0.2, 0.25) is 22.9 Å². The average Bonchev–Trinajstić information content (AvgIpc) is 3.09. The van der Waals surface area contributed by atoms with E-state index >= 15 is 0 Å². The lowest BCUT2D eigenvalue weighted by Crippen LogP contribution is -2.29. The first-order chi connectivity index (χ1) is 13.4. The Balaban J connectivity index is 1.60. The maximum atomic E-state index is 12.8. The number of aromatic amines is 1. The van der Waals surface area contributed by atoms with Gasteiger partial charge in [0, 0.05) is 23.5 Å². The van der Waals surface area contributed by atoms with Gasteiger partial charge in [0.15, 0.2) is 11.5 Å². The van der Waals surface area contributed by atoms with E-state index in [0.29, 0.717) is 36.0 Å². The molecule has 146 valence electrons. The minimum Gasteiger partial charge on any atom is -0.486 e. The van der Waals surface area contributed by atoms with Crippen molar-refractivity contribution < 1.29 is 21.7 Å². The number of H-pyrrole nitrogens is 1. The molecule has 2 heterocycles. The number of nitrogens with one attached hydrogen (secondary N) is 1. The van der Waals surface area contributed by atoms with Gasteiger partial charge < -0.3 is 19.2 Å². The monoisotopic (exact) mass is 493 g/mol. The van der Waals surface area contributed by atoms with Gasteiger partial charge in [-0.3, -0.25) is 2.70 Å². The topological polar surface area (TPSA) is 60.6 Å². The minimum atomic E-state index is -0.415. The molecular formula is C21H22IN2O4+. The fraction of sp³-hybridized carbons (Fsp3) is 0.286. The SMILES string of the molecule is C[N+](C)(I)CCc1c[nH]c2cccc(OC(=O)c3ccc4c(c3)OCCO4)c12. The van der Waals surface area contributed by atoms with Crippen molar-refractivity contribution in [1.82, 2.24) is 4.98 Å². The summed E-state index contributed by atoms with van der Waals surface area (Å²) >= 11 is 2.40. The van der Waals surface area contributed by atoms with Crippen molar-refractivity contribution in [3.8, 4) is 17.2 Å². The molecule has 0 unspecified atom stereocenters. The van der Waals surface area contributed by atoms with Gasteiger partial charge in [-0.25, -0.2) is 4.79 Å². The maximum Gasteiger partial charge on any atom is 0.343 e. The van der Waals surface area contributed by atoms with Crippen molar-refractivity contribution in [1.29, 1.82) is 0 Å². The van der Waals surface area contributed by atoms with Gasteiger partial charge in [0.25, 0.3) is 0 Å². The Kier molecular flexibility index (Phi) is 5.20. The number of ether oxygens (including phenoxy) is 3. The number of carbonyl (C=O) groups excluding carboxylic acids is 1. The third-order valence-electron chi connectivity index (χ3n) is 4.64. The number of likely N-dealkylation sites (N-methyl/N-ethyl adjacent to an activating group) is 1. The van der Waals surface area contributed by atoms with Crippen molar-refractivity contribution >= 4 is 39.7 Å². The zero-order chi connectivity index (χ0) is 19.7. The first-order valence-corrected chi connectivity index (χ1v) is 10.1. The van der Waals surface area contributed by atoms with Crippen molar-refractivity contribution in [2.45, 2.75) is 6.42 Å². The van der Waals surface area contributed by atoms with Gasteiger partial charge in [-0.2, -0.15) is 0 Å². The Morgan fingerprint density at radius 2 is 1.96 bits per heavy atom. The lowest BCUT2D eigenvalue weighted by molar-refractivity contribution is -0.706. The van der Waals surface area contributed by atoms with Gasteiger partial charge in [0.1, 0.15) is 19.0 Å². The molecule has 0 saturated carbocycles. The van der Waals surface area contributed by atoms with Crippen LogP contribution in [0.15, 0.2) is 42.6 Å². The maximum absolute atomic E-state index is 12.8. The van der Waals surface area contributed by atoms with Crippen LogP contribution in [0.25, 0.3) is 10.9 Å². The highest BCUT2D eigenvalue weighted by Gasteiger charge is 2.19. The summed E-state index contributed by atoms with van der Waals surface area (Å²) in [5, 5.41) is 0.957. The molecule has 2 aromatic carbocycles. The van der Waals surface area contributed by atoms with Gasteiger partial charge in [-0.15, -0.1) is 0 Å². The molecule has 0 saturated heterocycles. The van der Waals surface area contributed by atoms with Crippen molar-refractivity contribution in [2.24, 2.45) is 0 Å². The van der Waals surface area contributed by atoms with Gasteiger partial charge in [0.05, 0.1) is 26.2 Å². The summed E-state index contributed by atoms with van der Waals surface area (Å²) in [6, 6.07) is 10.8. The van der Waals surface area contributed by atoms with E-state index in [-0.39, 0.29) is 0 Å². The van der Waals surface area contributed by atoms with Crippen molar-refractivity contribution in [3.63, 3.8) is 0 Å². The Morgan fingerprint density at radius 3 is 2.75 bits per heavy atom. The van der Waals surface area contributed by atoms with E-state index in [9.17, 15) is 4.79 Å². The number of hydrogen-bond donors (Lipinski definition) is 1. The van der Waals surface area contributed by atoms with Crippen LogP contribution in [-0.4, -0.2) is 47.5 Å². The number of quaternary nitrogens is 1. The van der Waals surface area contributed by atoms with Crippen molar-refractivity contribution in [3.05, 3.63) is 53.7 Å². The number of carbonyl (C=O) groups is 1. The molecule has 7 heteroatoms. The lowest BCUT2D eigenvalue weighted by Gasteiger charge is -2.19. The summed E-state index contributed by atoms with van der Waals surface area (Å²) in [4.78, 5) is 16.0. The van der Waals surface area contributed by atoms with E-state index in [1.165, 1.54) is 0 Å². The summed E-state index contributed by atoms with van der Waals surface area (Å²) in [5.74, 6) is 1.37. The molecule has 0 spiro atoms. The third-order valence-corrected chi connectivity index (χ3v) is 5.13. The van der Waals surface area contributed by atoms with E-state index in [4.69, 9.17) is 14.2 Å². The Labute approximate surface area is 177 Å². The molecule has 3 aromatic rings. The second kappa shape index (κ2) is 7.63. The Bertz CT molecular complexity index is 1020. The largest absolute Gasteiger partial charge is 0.486 e. The molecular weight excluding hydrogens is 471 g/mol. The predicted molar refractivity (Wildman–Crippen MR) is 115 cm³/mol. The number of rotatable bonds is 5. The number of fused-ring (bicyclic) bond motifs is 2. The molecule has 0 aliphatic carbocycles. The molecule has 1 aromatic heterocycles. The molecule has 1 N–H and O–H groups in total. The van der Waals surface area contributed by atoms with Crippen LogP contribution in [0.1, 0.15) is 15.9 Å². The van der Waals surface area contributed by atoms with Crippen LogP contribution in [0, 0.1) is 0 Å². The standard InChI is InChI=1S/C21H22IN2O4/c1-24(2,22)9-8-15-13-23-16-4-3-5-18(20(15)16)28-21(25)14-6-7-17-19(12-14)27-11-10-26-17/h3-7,12-13,23H,8-11H2,1-2H3/q+1. The predicted octanol–water partition coefficient (Wildman–Crippen LogP) is 4.13. The molecule has 28 heavy (non-hydrogen) atoms. The van der Waals surface area contributed by atoms with Crippen LogP contribution >= 0.6 is 22.9 Å². The second-order valence-electron chi connectivity index (χ2n) is 7.25. The quantitative estimate of drug-likeness (QED) is 0.252. The summed E-state index contributed by atoms with van der Waals surface area (Å²) in [5.41, 5.74) is 2.54. The highest BCUT2D eigenvalue weighted by Crippen LogP contribution is 2.33. The normalized spacial score (nSPS) is 13.5. The average molecular weight is 493 g/mol. The number of benzene rings is 2. The Morgan fingerprint density at radius 1 is 1.18 bits per heavy atom. The fourth-order valence-electron chi connectivity index (χ4n) is 3.22.